The molecule has 0 aliphatic carbocycles. The van der Waals surface area contributed by atoms with Gasteiger partial charge in [0, 0.05) is 12.8 Å². The van der Waals surface area contributed by atoms with Gasteiger partial charge in [-0.15, -0.1) is 0 Å². The number of benzene rings is 2. The summed E-state index contributed by atoms with van der Waals surface area (Å²) in [5, 5.41) is 39.3. The molecule has 198 valence electrons. The minimum atomic E-state index is -1.25. The molecular weight excluding hydrogens is 480 g/mol. The zero-order valence-corrected chi connectivity index (χ0v) is 20.4. The van der Waals surface area contributed by atoms with Gasteiger partial charge in [0.05, 0.1) is 6.04 Å². The Hall–Kier alpha value is -4.12. The van der Waals surface area contributed by atoms with Crippen LogP contribution in [0.25, 0.3) is 0 Å². The molecule has 2 aromatic carbocycles. The van der Waals surface area contributed by atoms with Crippen molar-refractivity contribution in [1.82, 2.24) is 21.3 Å². The maximum absolute atomic E-state index is 13.1. The van der Waals surface area contributed by atoms with Crippen LogP contribution in [0.15, 0.2) is 48.5 Å². The van der Waals surface area contributed by atoms with E-state index in [-0.39, 0.29) is 30.2 Å². The summed E-state index contributed by atoms with van der Waals surface area (Å²) in [6, 6.07) is 8.41. The molecule has 37 heavy (non-hydrogen) atoms. The van der Waals surface area contributed by atoms with Crippen molar-refractivity contribution in [2.24, 2.45) is 0 Å². The van der Waals surface area contributed by atoms with Crippen molar-refractivity contribution in [2.75, 3.05) is 6.54 Å². The van der Waals surface area contributed by atoms with Gasteiger partial charge in [0.2, 0.25) is 17.7 Å². The van der Waals surface area contributed by atoms with Crippen molar-refractivity contribution in [3.8, 4) is 11.5 Å². The number of phenolic OH excluding ortho intramolecular Hbond substituents is 2. The van der Waals surface area contributed by atoms with Gasteiger partial charge in [-0.25, -0.2) is 4.79 Å². The van der Waals surface area contributed by atoms with Gasteiger partial charge in [-0.3, -0.25) is 14.4 Å². The maximum atomic E-state index is 13.1. The Kier molecular flexibility index (Phi) is 9.45. The Labute approximate surface area is 214 Å². The Morgan fingerprint density at radius 1 is 0.838 bits per heavy atom. The predicted molar refractivity (Wildman–Crippen MR) is 134 cm³/mol. The number of carbonyl (C=O) groups excluding carboxylic acids is 3. The third kappa shape index (κ3) is 8.21. The van der Waals surface area contributed by atoms with E-state index >= 15 is 0 Å². The summed E-state index contributed by atoms with van der Waals surface area (Å²) in [5.41, 5.74) is 1.29. The average molecular weight is 513 g/mol. The lowest BCUT2D eigenvalue weighted by atomic mass is 10.0. The van der Waals surface area contributed by atoms with E-state index in [1.54, 1.807) is 24.3 Å². The van der Waals surface area contributed by atoms with Crippen molar-refractivity contribution >= 4 is 23.7 Å². The van der Waals surface area contributed by atoms with Crippen LogP contribution in [0.5, 0.6) is 11.5 Å². The largest absolute Gasteiger partial charge is 0.508 e. The quantitative estimate of drug-likeness (QED) is 0.223. The summed E-state index contributed by atoms with van der Waals surface area (Å²) < 4.78 is 0. The number of aliphatic carboxylic acids is 1. The highest BCUT2D eigenvalue weighted by atomic mass is 16.4. The summed E-state index contributed by atoms with van der Waals surface area (Å²) in [5.74, 6) is -2.78. The minimum Gasteiger partial charge on any atom is -0.508 e. The average Bonchev–Trinajstić information content (AvgIpc) is 3.41. The molecule has 4 unspecified atom stereocenters. The first-order valence-corrected chi connectivity index (χ1v) is 12.1. The van der Waals surface area contributed by atoms with Crippen LogP contribution in [0.2, 0.25) is 0 Å². The molecule has 3 rings (SSSR count). The molecule has 1 aliphatic heterocycles. The molecule has 0 aromatic heterocycles. The highest BCUT2D eigenvalue weighted by Gasteiger charge is 2.30. The zero-order chi connectivity index (χ0) is 26.9. The fourth-order valence-corrected chi connectivity index (χ4v) is 4.00. The van der Waals surface area contributed by atoms with Crippen LogP contribution in [0.1, 0.15) is 30.9 Å². The minimum absolute atomic E-state index is 0.0179. The van der Waals surface area contributed by atoms with Crippen LogP contribution in [0.4, 0.5) is 0 Å². The SMILES string of the molecule is CC(NC(=O)C(Cc1ccc(O)cc1)NC(=O)C1CCCN1)C(=O)NC(Cc1ccc(O)cc1)C(=O)O. The van der Waals surface area contributed by atoms with Gasteiger partial charge in [0.1, 0.15) is 29.6 Å². The third-order valence-electron chi connectivity index (χ3n) is 6.13. The van der Waals surface area contributed by atoms with Crippen molar-refractivity contribution < 1.29 is 34.5 Å². The predicted octanol–water partition coefficient (Wildman–Crippen LogP) is 0.194. The van der Waals surface area contributed by atoms with Crippen molar-refractivity contribution in [3.05, 3.63) is 59.7 Å². The Bertz CT molecular complexity index is 1100. The molecule has 0 bridgehead atoms. The lowest BCUT2D eigenvalue weighted by molar-refractivity contribution is -0.142. The number of carboxylic acid groups (broad SMARTS) is 1. The first-order valence-electron chi connectivity index (χ1n) is 12.1. The second-order valence-corrected chi connectivity index (χ2v) is 9.08. The zero-order valence-electron chi connectivity index (χ0n) is 20.4. The standard InChI is InChI=1S/C26H32N4O7/c1-15(23(33)30-22(26(36)37)14-17-6-10-19(32)11-7-17)28-25(35)21(13-16-4-8-18(31)9-5-16)29-24(34)20-3-2-12-27-20/h4-11,15,20-22,27,31-32H,2-3,12-14H2,1H3,(H,28,35)(H,29,34)(H,30,33)(H,36,37). The molecule has 1 fully saturated rings. The number of nitrogens with one attached hydrogen (secondary N) is 4. The highest BCUT2D eigenvalue weighted by molar-refractivity contribution is 5.94. The second kappa shape index (κ2) is 12.7. The normalized spacial score (nSPS) is 17.3. The lowest BCUT2D eigenvalue weighted by Gasteiger charge is -2.24. The van der Waals surface area contributed by atoms with E-state index in [1.165, 1.54) is 31.2 Å². The molecule has 11 heteroatoms. The number of carbonyl (C=O) groups is 4. The van der Waals surface area contributed by atoms with Crippen LogP contribution in [0, 0.1) is 0 Å². The summed E-state index contributed by atoms with van der Waals surface area (Å²) in [6.07, 6.45) is 1.60. The highest BCUT2D eigenvalue weighted by Crippen LogP contribution is 2.13. The van der Waals surface area contributed by atoms with E-state index < -0.39 is 42.0 Å². The van der Waals surface area contributed by atoms with E-state index in [2.05, 4.69) is 21.3 Å². The molecule has 4 atom stereocenters. The van der Waals surface area contributed by atoms with E-state index in [0.29, 0.717) is 24.1 Å². The van der Waals surface area contributed by atoms with Crippen LogP contribution >= 0.6 is 0 Å². The van der Waals surface area contributed by atoms with E-state index in [0.717, 1.165) is 6.42 Å². The Balaban J connectivity index is 1.65. The molecule has 1 aliphatic rings. The Morgan fingerprint density at radius 2 is 1.38 bits per heavy atom. The summed E-state index contributed by atoms with van der Waals surface area (Å²) in [6.45, 7) is 2.13. The first kappa shape index (κ1) is 27.5. The van der Waals surface area contributed by atoms with Gasteiger partial charge in [0.25, 0.3) is 0 Å². The molecule has 7 N–H and O–H groups in total. The second-order valence-electron chi connectivity index (χ2n) is 9.08. The summed E-state index contributed by atoms with van der Waals surface area (Å²) >= 11 is 0. The summed E-state index contributed by atoms with van der Waals surface area (Å²) in [7, 11) is 0. The Morgan fingerprint density at radius 3 is 1.86 bits per heavy atom. The molecular formula is C26H32N4O7. The van der Waals surface area contributed by atoms with Gasteiger partial charge in [-0.2, -0.15) is 0 Å². The van der Waals surface area contributed by atoms with Crippen molar-refractivity contribution in [1.29, 1.82) is 0 Å². The lowest BCUT2D eigenvalue weighted by Crippen LogP contribution is -2.57. The number of carboxylic acids is 1. The van der Waals surface area contributed by atoms with Crippen molar-refractivity contribution in [2.45, 2.75) is 56.8 Å². The molecule has 0 radical (unpaired) electrons. The van der Waals surface area contributed by atoms with Gasteiger partial charge >= 0.3 is 5.97 Å². The molecule has 0 saturated carbocycles. The number of phenols is 2. The topological polar surface area (TPSA) is 177 Å². The van der Waals surface area contributed by atoms with Gasteiger partial charge < -0.3 is 36.6 Å². The molecule has 1 saturated heterocycles. The van der Waals surface area contributed by atoms with Crippen LogP contribution in [0.3, 0.4) is 0 Å². The monoisotopic (exact) mass is 512 g/mol. The number of hydrogen-bond donors (Lipinski definition) is 7. The number of aromatic hydroxyl groups is 2. The van der Waals surface area contributed by atoms with Gasteiger partial charge in [-0.1, -0.05) is 24.3 Å². The van der Waals surface area contributed by atoms with E-state index in [1.807, 2.05) is 0 Å². The molecule has 11 nitrogen and oxygen atoms in total. The van der Waals surface area contributed by atoms with Gasteiger partial charge in [-0.05, 0) is 61.7 Å². The van der Waals surface area contributed by atoms with Crippen LogP contribution in [-0.4, -0.2) is 69.7 Å². The van der Waals surface area contributed by atoms with Crippen molar-refractivity contribution in [3.63, 3.8) is 0 Å². The third-order valence-corrected chi connectivity index (χ3v) is 6.13. The first-order chi connectivity index (χ1) is 17.6. The fraction of sp³-hybridized carbons (Fsp3) is 0.385. The summed E-state index contributed by atoms with van der Waals surface area (Å²) in [4.78, 5) is 50.2. The number of rotatable bonds is 11. The van der Waals surface area contributed by atoms with E-state index in [4.69, 9.17) is 0 Å². The smallest absolute Gasteiger partial charge is 0.326 e. The molecule has 0 spiro atoms. The van der Waals surface area contributed by atoms with Crippen LogP contribution < -0.4 is 21.3 Å². The fourth-order valence-electron chi connectivity index (χ4n) is 4.00. The van der Waals surface area contributed by atoms with Crippen LogP contribution in [-0.2, 0) is 32.0 Å². The van der Waals surface area contributed by atoms with Gasteiger partial charge in [0.15, 0.2) is 0 Å². The number of amides is 3. The maximum Gasteiger partial charge on any atom is 0.326 e. The van der Waals surface area contributed by atoms with E-state index in [9.17, 15) is 34.5 Å². The number of hydrogen-bond acceptors (Lipinski definition) is 7. The molecule has 3 amide bonds. The molecule has 1 heterocycles. The molecule has 2 aromatic rings.